The van der Waals surface area contributed by atoms with E-state index in [0.29, 0.717) is 21.7 Å². The fraction of sp³-hybridized carbons (Fsp3) is 0.0909. The summed E-state index contributed by atoms with van der Waals surface area (Å²) in [7, 11) is 0. The predicted molar refractivity (Wildman–Crippen MR) is 120 cm³/mol. The van der Waals surface area contributed by atoms with Gasteiger partial charge < -0.3 is 5.32 Å². The van der Waals surface area contributed by atoms with Gasteiger partial charge in [0.15, 0.2) is 11.0 Å². The molecule has 0 saturated heterocycles. The van der Waals surface area contributed by atoms with Crippen LogP contribution in [-0.4, -0.2) is 31.4 Å². The van der Waals surface area contributed by atoms with Crippen molar-refractivity contribution in [3.8, 4) is 17.1 Å². The third kappa shape index (κ3) is 5.35. The number of hydrogen-bond donors (Lipinski definition) is 1. The summed E-state index contributed by atoms with van der Waals surface area (Å²) in [5.41, 5.74) is 0.254. The molecule has 0 spiro atoms. The van der Waals surface area contributed by atoms with Crippen molar-refractivity contribution in [3.63, 3.8) is 0 Å². The van der Waals surface area contributed by atoms with Gasteiger partial charge in [-0.05, 0) is 48.5 Å². The Balaban J connectivity index is 1.58. The Morgan fingerprint density at radius 1 is 1.00 bits per heavy atom. The Hall–Kier alpha value is -3.37. The van der Waals surface area contributed by atoms with E-state index in [2.05, 4.69) is 20.5 Å². The van der Waals surface area contributed by atoms with E-state index in [1.807, 2.05) is 0 Å². The van der Waals surface area contributed by atoms with Crippen molar-refractivity contribution in [1.82, 2.24) is 19.7 Å². The zero-order valence-corrected chi connectivity index (χ0v) is 18.3. The zero-order chi connectivity index (χ0) is 23.4. The summed E-state index contributed by atoms with van der Waals surface area (Å²) in [5.74, 6) is -0.258. The van der Waals surface area contributed by atoms with Crippen LogP contribution in [0.4, 0.5) is 18.9 Å². The molecule has 33 heavy (non-hydrogen) atoms. The van der Waals surface area contributed by atoms with Crippen LogP contribution in [0.5, 0.6) is 0 Å². The van der Waals surface area contributed by atoms with Gasteiger partial charge in [-0.3, -0.25) is 14.3 Å². The molecule has 0 unspecified atom stereocenters. The number of nitrogens with one attached hydrogen (secondary N) is 1. The van der Waals surface area contributed by atoms with E-state index in [4.69, 9.17) is 11.6 Å². The standard InChI is InChI=1S/C22H15ClF3N5OS/c23-15-5-7-16(8-6-15)31-20(14-9-11-27-12-10-14)29-30-21(31)33-13-19(32)28-18-4-2-1-3-17(18)22(24,25)26/h1-12H,13H2,(H,28,32). The Kier molecular flexibility index (Phi) is 6.66. The average Bonchev–Trinajstić information content (AvgIpc) is 3.22. The minimum atomic E-state index is -4.58. The van der Waals surface area contributed by atoms with Gasteiger partial charge in [-0.25, -0.2) is 0 Å². The molecule has 0 aliphatic carbocycles. The molecule has 0 bridgehead atoms. The quantitative estimate of drug-likeness (QED) is 0.350. The number of aromatic nitrogens is 4. The molecule has 11 heteroatoms. The normalized spacial score (nSPS) is 11.4. The first-order valence-corrected chi connectivity index (χ1v) is 10.9. The van der Waals surface area contributed by atoms with Gasteiger partial charge >= 0.3 is 6.18 Å². The van der Waals surface area contributed by atoms with Crippen molar-refractivity contribution in [2.75, 3.05) is 11.1 Å². The molecular weight excluding hydrogens is 475 g/mol. The first-order valence-electron chi connectivity index (χ1n) is 9.53. The summed E-state index contributed by atoms with van der Waals surface area (Å²) in [6.45, 7) is 0. The molecule has 1 N–H and O–H groups in total. The van der Waals surface area contributed by atoms with Crippen LogP contribution in [0.2, 0.25) is 5.02 Å². The molecule has 2 heterocycles. The molecule has 2 aromatic heterocycles. The Morgan fingerprint density at radius 2 is 1.70 bits per heavy atom. The third-order valence-corrected chi connectivity index (χ3v) is 5.68. The Bertz CT molecular complexity index is 1260. The van der Waals surface area contributed by atoms with Crippen LogP contribution < -0.4 is 5.32 Å². The predicted octanol–water partition coefficient (Wildman–Crippen LogP) is 5.73. The minimum Gasteiger partial charge on any atom is -0.325 e. The van der Waals surface area contributed by atoms with Crippen molar-refractivity contribution < 1.29 is 18.0 Å². The number of rotatable bonds is 6. The number of amides is 1. The number of pyridine rings is 1. The van der Waals surface area contributed by atoms with Crippen LogP contribution in [0, 0.1) is 0 Å². The number of halogens is 4. The van der Waals surface area contributed by atoms with Gasteiger partial charge in [0.1, 0.15) is 0 Å². The number of hydrogen-bond acceptors (Lipinski definition) is 5. The summed E-state index contributed by atoms with van der Waals surface area (Å²) in [5, 5.41) is 11.7. The maximum atomic E-state index is 13.2. The van der Waals surface area contributed by atoms with E-state index < -0.39 is 17.6 Å². The number of carbonyl (C=O) groups is 1. The SMILES string of the molecule is O=C(CSc1nnc(-c2ccncc2)n1-c1ccc(Cl)cc1)Nc1ccccc1C(F)(F)F. The van der Waals surface area contributed by atoms with E-state index in [9.17, 15) is 18.0 Å². The van der Waals surface area contributed by atoms with E-state index in [-0.39, 0.29) is 11.4 Å². The van der Waals surface area contributed by atoms with Crippen LogP contribution in [0.15, 0.2) is 78.2 Å². The van der Waals surface area contributed by atoms with Gasteiger partial charge in [-0.2, -0.15) is 13.2 Å². The van der Waals surface area contributed by atoms with Crippen molar-refractivity contribution in [3.05, 3.63) is 83.6 Å². The van der Waals surface area contributed by atoms with Crippen molar-refractivity contribution in [2.45, 2.75) is 11.3 Å². The average molecular weight is 490 g/mol. The number of thioether (sulfide) groups is 1. The maximum Gasteiger partial charge on any atom is 0.418 e. The van der Waals surface area contributed by atoms with E-state index >= 15 is 0 Å². The number of alkyl halides is 3. The highest BCUT2D eigenvalue weighted by Crippen LogP contribution is 2.35. The summed E-state index contributed by atoms with van der Waals surface area (Å²) >= 11 is 7.06. The fourth-order valence-corrected chi connectivity index (χ4v) is 3.91. The van der Waals surface area contributed by atoms with Crippen LogP contribution in [0.25, 0.3) is 17.1 Å². The van der Waals surface area contributed by atoms with Crippen molar-refractivity contribution >= 4 is 35.0 Å². The second kappa shape index (κ2) is 9.63. The molecule has 0 aliphatic rings. The molecule has 0 aliphatic heterocycles. The first kappa shape index (κ1) is 22.8. The number of carbonyl (C=O) groups excluding carboxylic acids is 1. The monoisotopic (exact) mass is 489 g/mol. The maximum absolute atomic E-state index is 13.2. The highest BCUT2D eigenvalue weighted by molar-refractivity contribution is 7.99. The largest absolute Gasteiger partial charge is 0.418 e. The molecule has 0 radical (unpaired) electrons. The van der Waals surface area contributed by atoms with Gasteiger partial charge in [0.25, 0.3) is 0 Å². The molecular formula is C22H15ClF3N5OS. The van der Waals surface area contributed by atoms with Crippen LogP contribution in [0.1, 0.15) is 5.56 Å². The smallest absolute Gasteiger partial charge is 0.325 e. The minimum absolute atomic E-state index is 0.172. The zero-order valence-electron chi connectivity index (χ0n) is 16.8. The lowest BCUT2D eigenvalue weighted by atomic mass is 10.1. The number of nitrogens with zero attached hydrogens (tertiary/aromatic N) is 4. The second-order valence-electron chi connectivity index (χ2n) is 6.73. The Morgan fingerprint density at radius 3 is 2.39 bits per heavy atom. The van der Waals surface area contributed by atoms with Gasteiger partial charge in [-0.15, -0.1) is 10.2 Å². The molecule has 0 atom stereocenters. The molecule has 0 saturated carbocycles. The molecule has 1 amide bonds. The van der Waals surface area contributed by atoms with E-state index in [1.165, 1.54) is 18.2 Å². The number of anilines is 1. The Labute approximate surface area is 195 Å². The lowest BCUT2D eigenvalue weighted by molar-refractivity contribution is -0.137. The third-order valence-electron chi connectivity index (χ3n) is 4.50. The molecule has 168 valence electrons. The molecule has 6 nitrogen and oxygen atoms in total. The van der Waals surface area contributed by atoms with E-state index in [0.717, 1.165) is 23.4 Å². The van der Waals surface area contributed by atoms with Gasteiger partial charge in [0.2, 0.25) is 5.91 Å². The van der Waals surface area contributed by atoms with Gasteiger partial charge in [0, 0.05) is 28.7 Å². The van der Waals surface area contributed by atoms with Crippen LogP contribution >= 0.6 is 23.4 Å². The van der Waals surface area contributed by atoms with Crippen LogP contribution in [0.3, 0.4) is 0 Å². The van der Waals surface area contributed by atoms with Crippen LogP contribution in [-0.2, 0) is 11.0 Å². The van der Waals surface area contributed by atoms with Crippen molar-refractivity contribution in [2.24, 2.45) is 0 Å². The highest BCUT2D eigenvalue weighted by Gasteiger charge is 2.33. The summed E-state index contributed by atoms with van der Waals surface area (Å²) in [6.07, 6.45) is -1.34. The number of para-hydroxylation sites is 1. The summed E-state index contributed by atoms with van der Waals surface area (Å²) < 4.78 is 41.3. The highest BCUT2D eigenvalue weighted by atomic mass is 35.5. The molecule has 4 rings (SSSR count). The molecule has 0 fully saturated rings. The summed E-state index contributed by atoms with van der Waals surface area (Å²) in [4.78, 5) is 16.5. The van der Waals surface area contributed by atoms with E-state index in [1.54, 1.807) is 53.4 Å². The fourth-order valence-electron chi connectivity index (χ4n) is 3.03. The van der Waals surface area contributed by atoms with Crippen molar-refractivity contribution in [1.29, 1.82) is 0 Å². The van der Waals surface area contributed by atoms with Gasteiger partial charge in [0.05, 0.1) is 17.0 Å². The van der Waals surface area contributed by atoms with Gasteiger partial charge in [-0.1, -0.05) is 35.5 Å². The molecule has 2 aromatic carbocycles. The molecule has 4 aromatic rings. The number of benzene rings is 2. The summed E-state index contributed by atoms with van der Waals surface area (Å²) in [6, 6.07) is 15.3. The lowest BCUT2D eigenvalue weighted by Gasteiger charge is -2.13. The topological polar surface area (TPSA) is 72.7 Å². The second-order valence-corrected chi connectivity index (χ2v) is 8.11. The first-order chi connectivity index (χ1) is 15.8. The lowest BCUT2D eigenvalue weighted by Crippen LogP contribution is -2.18.